The van der Waals surface area contributed by atoms with Crippen molar-refractivity contribution in [2.75, 3.05) is 7.11 Å². The smallest absolute Gasteiger partial charge is 0.210 e. The zero-order valence-corrected chi connectivity index (χ0v) is 14.1. The summed E-state index contributed by atoms with van der Waals surface area (Å²) in [5.41, 5.74) is 2.51. The van der Waals surface area contributed by atoms with Crippen molar-refractivity contribution in [1.82, 2.24) is 4.57 Å². The normalized spacial score (nSPS) is 12.0. The first kappa shape index (κ1) is 16.1. The zero-order valence-electron chi connectivity index (χ0n) is 13.3. The molecule has 0 aliphatic heterocycles. The van der Waals surface area contributed by atoms with Crippen LogP contribution in [0.25, 0.3) is 11.3 Å². The molecule has 0 bridgehead atoms. The number of rotatable bonds is 4. The maximum absolute atomic E-state index is 13.5. The van der Waals surface area contributed by atoms with Crippen molar-refractivity contribution in [3.63, 3.8) is 0 Å². The Morgan fingerprint density at radius 3 is 2.58 bits per heavy atom. The monoisotopic (exact) mass is 341 g/mol. The van der Waals surface area contributed by atoms with Gasteiger partial charge < -0.3 is 9.30 Å². The van der Waals surface area contributed by atoms with Crippen molar-refractivity contribution in [1.29, 1.82) is 0 Å². The Bertz CT molecular complexity index is 926. The molecule has 1 aromatic heterocycles. The fourth-order valence-electron chi connectivity index (χ4n) is 2.20. The Balaban J connectivity index is 1.87. The molecule has 1 heterocycles. The highest BCUT2D eigenvalue weighted by Gasteiger charge is 2.04. The summed E-state index contributed by atoms with van der Waals surface area (Å²) in [7, 11) is 3.57. The van der Waals surface area contributed by atoms with Gasteiger partial charge in [0.25, 0.3) is 0 Å². The lowest BCUT2D eigenvalue weighted by atomic mass is 10.1. The van der Waals surface area contributed by atoms with Crippen LogP contribution in [0.4, 0.5) is 4.39 Å². The van der Waals surface area contributed by atoms with Gasteiger partial charge >= 0.3 is 0 Å². The molecule has 0 fully saturated rings. The number of nitrogens with zero attached hydrogens (tertiary/aromatic N) is 3. The lowest BCUT2D eigenvalue weighted by molar-refractivity contribution is 0.415. The van der Waals surface area contributed by atoms with Gasteiger partial charge in [-0.25, -0.2) is 4.39 Å². The van der Waals surface area contributed by atoms with Crippen LogP contribution in [0.5, 0.6) is 5.75 Å². The highest BCUT2D eigenvalue weighted by Crippen LogP contribution is 2.22. The minimum atomic E-state index is -0.314. The van der Waals surface area contributed by atoms with E-state index in [0.717, 1.165) is 21.8 Å². The van der Waals surface area contributed by atoms with Crippen LogP contribution in [0.3, 0.4) is 0 Å². The Labute approximate surface area is 143 Å². The van der Waals surface area contributed by atoms with Gasteiger partial charge in [0.1, 0.15) is 11.6 Å². The van der Waals surface area contributed by atoms with Gasteiger partial charge in [0, 0.05) is 18.0 Å². The second kappa shape index (κ2) is 7.23. The first-order chi connectivity index (χ1) is 11.7. The van der Waals surface area contributed by atoms with E-state index in [4.69, 9.17) is 4.74 Å². The predicted octanol–water partition coefficient (Wildman–Crippen LogP) is 3.84. The van der Waals surface area contributed by atoms with E-state index in [-0.39, 0.29) is 5.82 Å². The summed E-state index contributed by atoms with van der Waals surface area (Å²) in [6, 6.07) is 14.3. The Hall–Kier alpha value is -2.73. The molecule has 0 amide bonds. The Kier molecular flexibility index (Phi) is 4.86. The molecular weight excluding hydrogens is 325 g/mol. The predicted molar refractivity (Wildman–Crippen MR) is 94.8 cm³/mol. The number of halogens is 1. The van der Waals surface area contributed by atoms with Gasteiger partial charge in [-0.15, -0.1) is 16.4 Å². The summed E-state index contributed by atoms with van der Waals surface area (Å²) in [6.45, 7) is 0. The van der Waals surface area contributed by atoms with E-state index in [0.29, 0.717) is 5.56 Å². The van der Waals surface area contributed by atoms with Gasteiger partial charge in [0.05, 0.1) is 19.0 Å². The summed E-state index contributed by atoms with van der Waals surface area (Å²) >= 11 is 1.48. The Morgan fingerprint density at radius 2 is 1.88 bits per heavy atom. The van der Waals surface area contributed by atoms with Crippen LogP contribution in [-0.4, -0.2) is 17.9 Å². The lowest BCUT2D eigenvalue weighted by Crippen LogP contribution is -2.10. The molecule has 2 aromatic carbocycles. The molecule has 4 nitrogen and oxygen atoms in total. The number of aromatic nitrogens is 1. The topological polar surface area (TPSA) is 38.9 Å². The SMILES string of the molecule is COc1ccc(-c2cs/c(=N\N=C\c3ccccc3F)n2C)cc1. The molecule has 6 heteroatoms. The summed E-state index contributed by atoms with van der Waals surface area (Å²) in [5, 5.41) is 10.2. The van der Waals surface area contributed by atoms with Crippen molar-refractivity contribution < 1.29 is 9.13 Å². The lowest BCUT2D eigenvalue weighted by Gasteiger charge is -2.04. The van der Waals surface area contributed by atoms with Crippen LogP contribution in [0.15, 0.2) is 64.1 Å². The highest BCUT2D eigenvalue weighted by molar-refractivity contribution is 7.07. The van der Waals surface area contributed by atoms with E-state index in [9.17, 15) is 4.39 Å². The average Bonchev–Trinajstić information content (AvgIpc) is 2.97. The largest absolute Gasteiger partial charge is 0.497 e. The van der Waals surface area contributed by atoms with Crippen LogP contribution in [0.2, 0.25) is 0 Å². The molecule has 0 saturated heterocycles. The van der Waals surface area contributed by atoms with Crippen LogP contribution in [0.1, 0.15) is 5.56 Å². The van der Waals surface area contributed by atoms with Crippen LogP contribution in [0, 0.1) is 5.82 Å². The van der Waals surface area contributed by atoms with E-state index < -0.39 is 0 Å². The molecule has 24 heavy (non-hydrogen) atoms. The number of ether oxygens (including phenoxy) is 1. The number of benzene rings is 2. The van der Waals surface area contributed by atoms with Gasteiger partial charge in [-0.2, -0.15) is 5.10 Å². The molecule has 0 aliphatic rings. The van der Waals surface area contributed by atoms with Gasteiger partial charge in [0.2, 0.25) is 4.80 Å². The van der Waals surface area contributed by atoms with Crippen molar-refractivity contribution >= 4 is 17.6 Å². The number of methoxy groups -OCH3 is 1. The van der Waals surface area contributed by atoms with E-state index in [2.05, 4.69) is 10.2 Å². The second-order valence-corrected chi connectivity index (χ2v) is 5.89. The van der Waals surface area contributed by atoms with Gasteiger partial charge in [0.15, 0.2) is 0 Å². The van der Waals surface area contributed by atoms with E-state index >= 15 is 0 Å². The molecule has 122 valence electrons. The van der Waals surface area contributed by atoms with Crippen LogP contribution >= 0.6 is 11.3 Å². The maximum Gasteiger partial charge on any atom is 0.210 e. The van der Waals surface area contributed by atoms with Crippen molar-refractivity contribution in [2.45, 2.75) is 0 Å². The quantitative estimate of drug-likeness (QED) is 0.525. The molecule has 0 saturated carbocycles. The molecule has 0 aliphatic carbocycles. The van der Waals surface area contributed by atoms with Crippen molar-refractivity contribution in [3.8, 4) is 17.0 Å². The van der Waals surface area contributed by atoms with E-state index in [1.54, 1.807) is 25.3 Å². The first-order valence-corrected chi connectivity index (χ1v) is 8.17. The first-order valence-electron chi connectivity index (χ1n) is 7.29. The van der Waals surface area contributed by atoms with Gasteiger partial charge in [-0.05, 0) is 35.9 Å². The summed E-state index contributed by atoms with van der Waals surface area (Å²) < 4.78 is 20.7. The van der Waals surface area contributed by atoms with Crippen LogP contribution in [-0.2, 0) is 7.05 Å². The third kappa shape index (κ3) is 3.44. The fourth-order valence-corrected chi connectivity index (χ4v) is 3.07. The fraction of sp³-hybridized carbons (Fsp3) is 0.111. The summed E-state index contributed by atoms with van der Waals surface area (Å²) in [4.78, 5) is 0.730. The molecular formula is C18H16FN3OS. The minimum Gasteiger partial charge on any atom is -0.497 e. The molecule has 0 radical (unpaired) electrons. The second-order valence-electron chi connectivity index (χ2n) is 5.06. The standard InChI is InChI=1S/C18H16FN3OS/c1-22-17(13-7-9-15(23-2)10-8-13)12-24-18(22)21-20-11-14-5-3-4-6-16(14)19/h3-12H,1-2H3/b20-11+,21-18-. The third-order valence-electron chi connectivity index (χ3n) is 3.56. The Morgan fingerprint density at radius 1 is 1.12 bits per heavy atom. The molecule has 0 spiro atoms. The van der Waals surface area contributed by atoms with Crippen molar-refractivity contribution in [2.24, 2.45) is 17.3 Å². The number of hydrogen-bond donors (Lipinski definition) is 0. The van der Waals surface area contributed by atoms with E-state index in [1.807, 2.05) is 41.3 Å². The molecule has 3 rings (SSSR count). The third-order valence-corrected chi connectivity index (χ3v) is 4.46. The van der Waals surface area contributed by atoms with Crippen molar-refractivity contribution in [3.05, 3.63) is 70.1 Å². The van der Waals surface area contributed by atoms with Gasteiger partial charge in [-0.3, -0.25) is 0 Å². The van der Waals surface area contributed by atoms with E-state index in [1.165, 1.54) is 23.6 Å². The van der Waals surface area contributed by atoms with Gasteiger partial charge in [-0.1, -0.05) is 18.2 Å². The van der Waals surface area contributed by atoms with Crippen LogP contribution < -0.4 is 9.54 Å². The highest BCUT2D eigenvalue weighted by atomic mass is 32.1. The molecule has 0 atom stereocenters. The number of hydrogen-bond acceptors (Lipinski definition) is 4. The summed E-state index contributed by atoms with van der Waals surface area (Å²) in [5.74, 6) is 0.502. The minimum absolute atomic E-state index is 0.314. The molecule has 0 unspecified atom stereocenters. The molecule has 0 N–H and O–H groups in total. The average molecular weight is 341 g/mol. The molecule has 3 aromatic rings. The number of thiazole rings is 1. The zero-order chi connectivity index (χ0) is 16.9. The maximum atomic E-state index is 13.5. The summed E-state index contributed by atoms with van der Waals surface area (Å²) in [6.07, 6.45) is 1.42.